The average Bonchev–Trinajstić information content (AvgIpc) is 3.67. The van der Waals surface area contributed by atoms with Gasteiger partial charge in [-0.1, -0.05) is 60.7 Å². The van der Waals surface area contributed by atoms with Crippen molar-refractivity contribution in [1.82, 2.24) is 10.5 Å². The normalized spacial score (nSPS) is 16.0. The monoisotopic (exact) mass is 469 g/mol. The zero-order valence-electron chi connectivity index (χ0n) is 19.1. The van der Waals surface area contributed by atoms with Crippen LogP contribution >= 0.6 is 0 Å². The first-order valence-electron chi connectivity index (χ1n) is 11.4. The summed E-state index contributed by atoms with van der Waals surface area (Å²) in [5.74, 6) is 0.744. The van der Waals surface area contributed by atoms with Crippen LogP contribution in [0.15, 0.2) is 84.9 Å². The van der Waals surface area contributed by atoms with Crippen molar-refractivity contribution in [3.8, 4) is 17.0 Å². The van der Waals surface area contributed by atoms with E-state index in [1.807, 2.05) is 60.7 Å². The Bertz CT molecular complexity index is 1290. The Morgan fingerprint density at radius 2 is 1.74 bits per heavy atom. The Labute approximate surface area is 203 Å². The molecular formula is C28H27N3O4. The van der Waals surface area contributed by atoms with Crippen LogP contribution in [-0.2, 0) is 22.6 Å². The number of nitrogens with zero attached hydrogens (tertiary/aromatic N) is 1. The van der Waals surface area contributed by atoms with Crippen molar-refractivity contribution in [2.24, 2.45) is 17.6 Å². The number of hydroxylamine groups is 1. The lowest BCUT2D eigenvalue weighted by atomic mass is 10.0. The number of aromatic nitrogens is 1. The fourth-order valence-corrected chi connectivity index (χ4v) is 4.19. The van der Waals surface area contributed by atoms with Crippen molar-refractivity contribution in [3.63, 3.8) is 0 Å². The van der Waals surface area contributed by atoms with Crippen LogP contribution < -0.4 is 16.0 Å². The summed E-state index contributed by atoms with van der Waals surface area (Å²) in [6.45, 7) is 0.448. The largest absolute Gasteiger partial charge is 0.489 e. The Morgan fingerprint density at radius 1 is 1.06 bits per heavy atom. The van der Waals surface area contributed by atoms with Crippen LogP contribution in [0.1, 0.15) is 17.5 Å². The summed E-state index contributed by atoms with van der Waals surface area (Å²) < 4.78 is 6.12. The summed E-state index contributed by atoms with van der Waals surface area (Å²) in [5.41, 5.74) is 11.1. The van der Waals surface area contributed by atoms with Gasteiger partial charge in [0, 0.05) is 22.4 Å². The fraction of sp³-hybridized carbons (Fsp3) is 0.179. The third-order valence-corrected chi connectivity index (χ3v) is 6.06. The molecule has 35 heavy (non-hydrogen) atoms. The van der Waals surface area contributed by atoms with E-state index in [4.69, 9.17) is 19.7 Å². The maximum absolute atomic E-state index is 11.5. The van der Waals surface area contributed by atoms with Crippen LogP contribution in [0.4, 0.5) is 0 Å². The van der Waals surface area contributed by atoms with Crippen molar-refractivity contribution in [2.75, 3.05) is 0 Å². The Balaban J connectivity index is 0.000000917. The van der Waals surface area contributed by atoms with Gasteiger partial charge < -0.3 is 10.5 Å². The van der Waals surface area contributed by atoms with Gasteiger partial charge in [0.05, 0.1) is 11.2 Å². The number of rotatable bonds is 7. The third-order valence-electron chi connectivity index (χ3n) is 6.06. The maximum atomic E-state index is 11.5. The van der Waals surface area contributed by atoms with Gasteiger partial charge in [-0.15, -0.1) is 0 Å². The standard InChI is InChI=1S/C27H24N2O3.CH3NO/c30-27(29-31)24-15-20(24)14-18-10-12-22(13-11-18)32-17-21-16-26(19-6-2-1-3-7-19)28-25-9-5-4-8-23(21)25;2-1-3/h1-13,16,20,24,31H,14-15,17H2,(H,29,30);1H,(H2,2,3). The van der Waals surface area contributed by atoms with Crippen LogP contribution in [0.5, 0.6) is 5.75 Å². The van der Waals surface area contributed by atoms with E-state index in [0.29, 0.717) is 12.5 Å². The Morgan fingerprint density at radius 3 is 2.46 bits per heavy atom. The van der Waals surface area contributed by atoms with Gasteiger partial charge >= 0.3 is 0 Å². The number of nitrogens with two attached hydrogens (primary N) is 1. The van der Waals surface area contributed by atoms with Crippen molar-refractivity contribution in [1.29, 1.82) is 0 Å². The molecule has 1 fully saturated rings. The van der Waals surface area contributed by atoms with E-state index in [2.05, 4.69) is 30.0 Å². The minimum absolute atomic E-state index is 0.0743. The van der Waals surface area contributed by atoms with Gasteiger partial charge in [0.25, 0.3) is 0 Å². The Hall–Kier alpha value is -4.23. The smallest absolute Gasteiger partial charge is 0.246 e. The second-order valence-corrected chi connectivity index (χ2v) is 8.40. The number of fused-ring (bicyclic) bond motifs is 1. The van der Waals surface area contributed by atoms with E-state index >= 15 is 0 Å². The molecule has 5 rings (SSSR count). The first kappa shape index (κ1) is 23.9. The van der Waals surface area contributed by atoms with Crippen LogP contribution in [0, 0.1) is 11.8 Å². The second-order valence-electron chi connectivity index (χ2n) is 8.40. The molecule has 1 aliphatic carbocycles. The van der Waals surface area contributed by atoms with E-state index in [1.54, 1.807) is 5.48 Å². The molecule has 0 radical (unpaired) electrons. The van der Waals surface area contributed by atoms with Crippen molar-refractivity contribution >= 4 is 23.2 Å². The van der Waals surface area contributed by atoms with Crippen LogP contribution in [0.25, 0.3) is 22.2 Å². The highest BCUT2D eigenvalue weighted by Crippen LogP contribution is 2.41. The van der Waals surface area contributed by atoms with Gasteiger partial charge in [-0.3, -0.25) is 14.8 Å². The molecule has 4 aromatic rings. The van der Waals surface area contributed by atoms with Crippen LogP contribution in [0.3, 0.4) is 0 Å². The van der Waals surface area contributed by atoms with Crippen molar-refractivity contribution in [3.05, 3.63) is 96.1 Å². The molecule has 2 unspecified atom stereocenters. The highest BCUT2D eigenvalue weighted by molar-refractivity contribution is 5.85. The van der Waals surface area contributed by atoms with Gasteiger partial charge in [0.2, 0.25) is 12.3 Å². The number of carbonyl (C=O) groups excluding carboxylic acids is 2. The number of benzene rings is 3. The number of carbonyl (C=O) groups is 2. The number of pyridine rings is 1. The highest BCUT2D eigenvalue weighted by atomic mass is 16.5. The van der Waals surface area contributed by atoms with Crippen LogP contribution in [0.2, 0.25) is 0 Å². The molecule has 7 nitrogen and oxygen atoms in total. The van der Waals surface area contributed by atoms with Gasteiger partial charge in [-0.25, -0.2) is 10.5 Å². The first-order valence-corrected chi connectivity index (χ1v) is 11.4. The summed E-state index contributed by atoms with van der Waals surface area (Å²) in [6.07, 6.45) is 1.90. The fourth-order valence-electron chi connectivity index (χ4n) is 4.19. The topological polar surface area (TPSA) is 115 Å². The summed E-state index contributed by atoms with van der Waals surface area (Å²) >= 11 is 0. The quantitative estimate of drug-likeness (QED) is 0.212. The zero-order valence-corrected chi connectivity index (χ0v) is 19.1. The molecule has 178 valence electrons. The summed E-state index contributed by atoms with van der Waals surface area (Å²) in [5, 5.41) is 9.84. The predicted molar refractivity (Wildman–Crippen MR) is 133 cm³/mol. The molecule has 1 saturated carbocycles. The predicted octanol–water partition coefficient (Wildman–Crippen LogP) is 4.27. The van der Waals surface area contributed by atoms with Gasteiger partial charge in [-0.2, -0.15) is 0 Å². The van der Waals surface area contributed by atoms with Gasteiger partial charge in [-0.05, 0) is 48.6 Å². The lowest BCUT2D eigenvalue weighted by Gasteiger charge is -2.12. The summed E-state index contributed by atoms with van der Waals surface area (Å²) in [6, 6.07) is 28.4. The molecular weight excluding hydrogens is 442 g/mol. The summed E-state index contributed by atoms with van der Waals surface area (Å²) in [7, 11) is 0. The number of ether oxygens (including phenoxy) is 1. The summed E-state index contributed by atoms with van der Waals surface area (Å²) in [4.78, 5) is 24.9. The number of para-hydroxylation sites is 1. The van der Waals surface area contributed by atoms with E-state index in [1.165, 1.54) is 0 Å². The number of nitrogens with one attached hydrogen (secondary N) is 1. The highest BCUT2D eigenvalue weighted by Gasteiger charge is 2.42. The molecule has 1 heterocycles. The molecule has 2 atom stereocenters. The average molecular weight is 470 g/mol. The zero-order chi connectivity index (χ0) is 24.6. The van der Waals surface area contributed by atoms with Crippen LogP contribution in [-0.4, -0.2) is 22.5 Å². The Kier molecular flexibility index (Phi) is 7.70. The number of hydrogen-bond donors (Lipinski definition) is 3. The second kappa shape index (κ2) is 11.3. The molecule has 3 aromatic carbocycles. The molecule has 7 heteroatoms. The molecule has 0 spiro atoms. The number of hydrogen-bond acceptors (Lipinski definition) is 5. The number of primary amides is 1. The van der Waals surface area contributed by atoms with Crippen molar-refractivity contribution < 1.29 is 19.5 Å². The molecule has 4 N–H and O–H groups in total. The van der Waals surface area contributed by atoms with Crippen molar-refractivity contribution in [2.45, 2.75) is 19.4 Å². The molecule has 0 saturated heterocycles. The van der Waals surface area contributed by atoms with Gasteiger partial charge in [0.1, 0.15) is 12.4 Å². The lowest BCUT2D eigenvalue weighted by Crippen LogP contribution is -2.21. The minimum atomic E-state index is -0.283. The van der Waals surface area contributed by atoms with E-state index < -0.39 is 0 Å². The first-order chi connectivity index (χ1) is 17.1. The third kappa shape index (κ3) is 6.02. The SMILES string of the molecule is NC=O.O=C(NO)C1CC1Cc1ccc(OCc2cc(-c3ccccc3)nc3ccccc23)cc1. The molecule has 1 aromatic heterocycles. The molecule has 1 aliphatic rings. The molecule has 2 amide bonds. The minimum Gasteiger partial charge on any atom is -0.489 e. The maximum Gasteiger partial charge on any atom is 0.246 e. The van der Waals surface area contributed by atoms with Gasteiger partial charge in [0.15, 0.2) is 0 Å². The molecule has 0 bridgehead atoms. The van der Waals surface area contributed by atoms with E-state index in [-0.39, 0.29) is 18.2 Å². The lowest BCUT2D eigenvalue weighted by molar-refractivity contribution is -0.130. The van der Waals surface area contributed by atoms with E-state index in [0.717, 1.165) is 51.9 Å². The van der Waals surface area contributed by atoms with E-state index in [9.17, 15) is 4.79 Å². The number of amides is 2. The molecule has 0 aliphatic heterocycles.